The average molecular weight is 179 g/mol. The van der Waals surface area contributed by atoms with Gasteiger partial charge in [0.05, 0.1) is 6.61 Å². The average Bonchev–Trinajstić information content (AvgIpc) is 2.19. The van der Waals surface area contributed by atoms with Gasteiger partial charge < -0.3 is 4.74 Å². The Balaban J connectivity index is 2.10. The Bertz CT molecular complexity index is 236. The van der Waals surface area contributed by atoms with Crippen molar-refractivity contribution in [2.75, 3.05) is 6.61 Å². The first-order chi connectivity index (χ1) is 6.43. The third-order valence-corrected chi connectivity index (χ3v) is 1.80. The van der Waals surface area contributed by atoms with Gasteiger partial charge in [0.25, 0.3) is 6.47 Å². The Hall–Kier alpha value is -1.38. The maximum atomic E-state index is 9.81. The van der Waals surface area contributed by atoms with Crippen molar-refractivity contribution >= 4 is 6.47 Å². The van der Waals surface area contributed by atoms with Crippen LogP contribution in [0, 0.1) is 0 Å². The van der Waals surface area contributed by atoms with E-state index < -0.39 is 0 Å². The van der Waals surface area contributed by atoms with Crippen LogP contribution in [0.15, 0.2) is 24.5 Å². The molecule has 13 heavy (non-hydrogen) atoms. The van der Waals surface area contributed by atoms with Crippen molar-refractivity contribution in [3.05, 3.63) is 30.1 Å². The van der Waals surface area contributed by atoms with Crippen molar-refractivity contribution in [1.82, 2.24) is 4.98 Å². The highest BCUT2D eigenvalue weighted by atomic mass is 16.5. The third-order valence-electron chi connectivity index (χ3n) is 1.80. The summed E-state index contributed by atoms with van der Waals surface area (Å²) in [5.74, 6) is 0. The van der Waals surface area contributed by atoms with E-state index in [9.17, 15) is 4.79 Å². The van der Waals surface area contributed by atoms with Gasteiger partial charge in [-0.25, -0.2) is 0 Å². The van der Waals surface area contributed by atoms with Crippen LogP contribution in [0.25, 0.3) is 0 Å². The number of hydrogen-bond acceptors (Lipinski definition) is 3. The normalized spacial score (nSPS) is 9.54. The van der Waals surface area contributed by atoms with E-state index in [1.807, 2.05) is 12.1 Å². The standard InChI is InChI=1S/C10H13NO2/c12-9-13-8-2-1-3-10-4-6-11-7-5-10/h4-7,9H,1-3,8H2. The Morgan fingerprint density at radius 1 is 1.31 bits per heavy atom. The van der Waals surface area contributed by atoms with E-state index >= 15 is 0 Å². The summed E-state index contributed by atoms with van der Waals surface area (Å²) >= 11 is 0. The molecule has 70 valence electrons. The molecule has 0 aromatic carbocycles. The molecule has 0 unspecified atom stereocenters. The molecule has 0 fully saturated rings. The van der Waals surface area contributed by atoms with Gasteiger partial charge in [0.15, 0.2) is 0 Å². The second kappa shape index (κ2) is 6.17. The van der Waals surface area contributed by atoms with E-state index in [0.29, 0.717) is 13.1 Å². The molecular weight excluding hydrogens is 166 g/mol. The Morgan fingerprint density at radius 3 is 2.77 bits per heavy atom. The molecule has 0 aliphatic heterocycles. The molecule has 1 aromatic rings. The van der Waals surface area contributed by atoms with Crippen molar-refractivity contribution in [2.24, 2.45) is 0 Å². The Labute approximate surface area is 77.8 Å². The molecule has 0 amide bonds. The minimum Gasteiger partial charge on any atom is -0.468 e. The molecule has 3 heteroatoms. The molecule has 3 nitrogen and oxygen atoms in total. The predicted molar refractivity (Wildman–Crippen MR) is 49.2 cm³/mol. The molecule has 1 rings (SSSR count). The van der Waals surface area contributed by atoms with Crippen LogP contribution in [0.2, 0.25) is 0 Å². The molecule has 0 saturated carbocycles. The highest BCUT2D eigenvalue weighted by Crippen LogP contribution is 2.02. The Kier molecular flexibility index (Phi) is 4.61. The highest BCUT2D eigenvalue weighted by Gasteiger charge is 1.92. The van der Waals surface area contributed by atoms with Crippen molar-refractivity contribution in [1.29, 1.82) is 0 Å². The summed E-state index contributed by atoms with van der Waals surface area (Å²) in [5, 5.41) is 0. The summed E-state index contributed by atoms with van der Waals surface area (Å²) in [6, 6.07) is 4.00. The zero-order chi connectivity index (χ0) is 9.36. The van der Waals surface area contributed by atoms with E-state index in [1.54, 1.807) is 12.4 Å². The number of nitrogens with zero attached hydrogens (tertiary/aromatic N) is 1. The number of ether oxygens (including phenoxy) is 1. The molecule has 1 aromatic heterocycles. The van der Waals surface area contributed by atoms with Gasteiger partial charge in [-0.3, -0.25) is 9.78 Å². The van der Waals surface area contributed by atoms with E-state index in [-0.39, 0.29) is 0 Å². The van der Waals surface area contributed by atoms with Crippen LogP contribution >= 0.6 is 0 Å². The molecule has 0 N–H and O–H groups in total. The van der Waals surface area contributed by atoms with Gasteiger partial charge in [-0.15, -0.1) is 0 Å². The molecule has 0 bridgehead atoms. The van der Waals surface area contributed by atoms with E-state index in [2.05, 4.69) is 9.72 Å². The summed E-state index contributed by atoms with van der Waals surface area (Å²) in [6.07, 6.45) is 6.55. The van der Waals surface area contributed by atoms with Gasteiger partial charge in [-0.2, -0.15) is 0 Å². The lowest BCUT2D eigenvalue weighted by Crippen LogP contribution is -1.93. The second-order valence-electron chi connectivity index (χ2n) is 2.78. The molecular formula is C10H13NO2. The molecule has 0 aliphatic carbocycles. The van der Waals surface area contributed by atoms with Crippen LogP contribution in [0.3, 0.4) is 0 Å². The minimum atomic E-state index is 0.492. The quantitative estimate of drug-likeness (QED) is 0.491. The number of aromatic nitrogens is 1. The first-order valence-electron chi connectivity index (χ1n) is 4.37. The van der Waals surface area contributed by atoms with Gasteiger partial charge >= 0.3 is 0 Å². The smallest absolute Gasteiger partial charge is 0.293 e. The summed E-state index contributed by atoms with van der Waals surface area (Å²) in [6.45, 7) is 1.01. The number of hydrogen-bond donors (Lipinski definition) is 0. The zero-order valence-electron chi connectivity index (χ0n) is 7.48. The SMILES string of the molecule is O=COCCCCc1ccncc1. The van der Waals surface area contributed by atoms with E-state index in [4.69, 9.17) is 0 Å². The summed E-state index contributed by atoms with van der Waals surface area (Å²) in [4.78, 5) is 13.7. The monoisotopic (exact) mass is 179 g/mol. The fourth-order valence-electron chi connectivity index (χ4n) is 1.11. The number of pyridine rings is 1. The van der Waals surface area contributed by atoms with Crippen LogP contribution < -0.4 is 0 Å². The summed E-state index contributed by atoms with van der Waals surface area (Å²) in [7, 11) is 0. The van der Waals surface area contributed by atoms with E-state index in [0.717, 1.165) is 19.3 Å². The molecule has 1 heterocycles. The van der Waals surface area contributed by atoms with Gasteiger partial charge in [0.1, 0.15) is 0 Å². The van der Waals surface area contributed by atoms with Gasteiger partial charge in [0.2, 0.25) is 0 Å². The van der Waals surface area contributed by atoms with E-state index in [1.165, 1.54) is 5.56 Å². The summed E-state index contributed by atoms with van der Waals surface area (Å²) < 4.78 is 4.58. The number of aryl methyl sites for hydroxylation is 1. The van der Waals surface area contributed by atoms with Crippen molar-refractivity contribution in [3.8, 4) is 0 Å². The van der Waals surface area contributed by atoms with Gasteiger partial charge in [-0.05, 0) is 37.0 Å². The number of carbonyl (C=O) groups is 1. The van der Waals surface area contributed by atoms with Gasteiger partial charge in [-0.1, -0.05) is 0 Å². The lowest BCUT2D eigenvalue weighted by Gasteiger charge is -1.99. The molecule has 0 atom stereocenters. The zero-order valence-corrected chi connectivity index (χ0v) is 7.48. The van der Waals surface area contributed by atoms with Crippen molar-refractivity contribution in [2.45, 2.75) is 19.3 Å². The maximum Gasteiger partial charge on any atom is 0.293 e. The molecule has 0 radical (unpaired) electrons. The second-order valence-corrected chi connectivity index (χ2v) is 2.78. The highest BCUT2D eigenvalue weighted by molar-refractivity contribution is 5.36. The maximum absolute atomic E-state index is 9.81. The fraction of sp³-hybridized carbons (Fsp3) is 0.400. The van der Waals surface area contributed by atoms with Crippen LogP contribution in [0.4, 0.5) is 0 Å². The minimum absolute atomic E-state index is 0.492. The number of carbonyl (C=O) groups excluding carboxylic acids is 1. The molecule has 0 saturated heterocycles. The van der Waals surface area contributed by atoms with Crippen LogP contribution in [-0.2, 0) is 16.0 Å². The molecule has 0 aliphatic rings. The van der Waals surface area contributed by atoms with Crippen molar-refractivity contribution in [3.63, 3.8) is 0 Å². The summed E-state index contributed by atoms with van der Waals surface area (Å²) in [5.41, 5.74) is 1.28. The lowest BCUT2D eigenvalue weighted by atomic mass is 10.1. The van der Waals surface area contributed by atoms with Crippen LogP contribution in [-0.4, -0.2) is 18.1 Å². The fourth-order valence-corrected chi connectivity index (χ4v) is 1.11. The number of rotatable bonds is 6. The Morgan fingerprint density at radius 2 is 2.08 bits per heavy atom. The largest absolute Gasteiger partial charge is 0.468 e. The predicted octanol–water partition coefficient (Wildman–Crippen LogP) is 1.58. The first-order valence-corrected chi connectivity index (χ1v) is 4.37. The number of unbranched alkanes of at least 4 members (excludes halogenated alkanes) is 1. The first kappa shape index (κ1) is 9.71. The van der Waals surface area contributed by atoms with Gasteiger partial charge in [0, 0.05) is 12.4 Å². The van der Waals surface area contributed by atoms with Crippen molar-refractivity contribution < 1.29 is 9.53 Å². The molecule has 0 spiro atoms. The van der Waals surface area contributed by atoms with Crippen LogP contribution in [0.5, 0.6) is 0 Å². The van der Waals surface area contributed by atoms with Crippen LogP contribution in [0.1, 0.15) is 18.4 Å². The third kappa shape index (κ3) is 4.25. The lowest BCUT2D eigenvalue weighted by molar-refractivity contribution is -0.128. The topological polar surface area (TPSA) is 39.2 Å².